The second kappa shape index (κ2) is 4.86. The van der Waals surface area contributed by atoms with E-state index >= 15 is 0 Å². The minimum atomic E-state index is -0.734. The molecule has 3 nitrogen and oxygen atoms in total. The van der Waals surface area contributed by atoms with Gasteiger partial charge in [-0.15, -0.1) is 0 Å². The molecule has 0 aromatic carbocycles. The number of aromatic nitrogens is 1. The number of hydrogen-bond acceptors (Lipinski definition) is 3. The third kappa shape index (κ3) is 3.39. The molecule has 0 unspecified atom stereocenters. The highest BCUT2D eigenvalue weighted by Gasteiger charge is 2.26. The summed E-state index contributed by atoms with van der Waals surface area (Å²) in [7, 11) is 1.54. The van der Waals surface area contributed by atoms with E-state index < -0.39 is 5.60 Å². The second-order valence-electron chi connectivity index (χ2n) is 3.83. The number of pyridine rings is 1. The summed E-state index contributed by atoms with van der Waals surface area (Å²) >= 11 is 3.31. The molecule has 82 valence electrons. The Balaban J connectivity index is 2.75. The molecular weight excluding hydrogens is 258 g/mol. The van der Waals surface area contributed by atoms with E-state index in [0.29, 0.717) is 6.42 Å². The molecule has 0 radical (unpaired) electrons. The zero-order valence-electron chi connectivity index (χ0n) is 9.08. The molecular formula is C11H14BrNO2. The number of carbonyl (C=O) groups is 1. The van der Waals surface area contributed by atoms with Crippen molar-refractivity contribution in [3.8, 4) is 0 Å². The molecule has 0 saturated carbocycles. The van der Waals surface area contributed by atoms with Crippen molar-refractivity contribution < 1.29 is 9.53 Å². The van der Waals surface area contributed by atoms with Gasteiger partial charge in [-0.3, -0.25) is 9.78 Å². The molecule has 0 saturated heterocycles. The molecule has 1 heterocycles. The van der Waals surface area contributed by atoms with Gasteiger partial charge >= 0.3 is 0 Å². The fourth-order valence-corrected chi connectivity index (χ4v) is 1.48. The van der Waals surface area contributed by atoms with Crippen LogP contribution in [0.5, 0.6) is 0 Å². The smallest absolute Gasteiger partial charge is 0.168 e. The standard InChI is InChI=1S/C11H14BrNO2/c1-11(2,15-3)10(14)5-8-4-9(12)7-13-6-8/h4,6-7H,5H2,1-3H3. The second-order valence-corrected chi connectivity index (χ2v) is 4.74. The predicted molar refractivity (Wildman–Crippen MR) is 61.7 cm³/mol. The number of hydrogen-bond donors (Lipinski definition) is 0. The molecule has 1 aromatic heterocycles. The lowest BCUT2D eigenvalue weighted by molar-refractivity contribution is -0.136. The van der Waals surface area contributed by atoms with Gasteiger partial charge in [-0.25, -0.2) is 0 Å². The van der Waals surface area contributed by atoms with Crippen LogP contribution in [0.2, 0.25) is 0 Å². The van der Waals surface area contributed by atoms with Crippen molar-refractivity contribution in [1.82, 2.24) is 4.98 Å². The molecule has 0 bridgehead atoms. The summed E-state index contributed by atoms with van der Waals surface area (Å²) in [6.45, 7) is 3.53. The van der Waals surface area contributed by atoms with Gasteiger partial charge in [0.1, 0.15) is 5.60 Å². The van der Waals surface area contributed by atoms with Crippen molar-refractivity contribution >= 4 is 21.7 Å². The van der Waals surface area contributed by atoms with Gasteiger partial charge < -0.3 is 4.74 Å². The van der Waals surface area contributed by atoms with Gasteiger partial charge in [0.15, 0.2) is 5.78 Å². The third-order valence-corrected chi connectivity index (χ3v) is 2.74. The maximum absolute atomic E-state index is 11.8. The minimum absolute atomic E-state index is 0.0462. The van der Waals surface area contributed by atoms with Gasteiger partial charge in [0.05, 0.1) is 0 Å². The molecule has 0 aliphatic heterocycles. The molecule has 4 heteroatoms. The molecule has 0 aliphatic carbocycles. The van der Waals surface area contributed by atoms with Gasteiger partial charge in [0.25, 0.3) is 0 Å². The first-order chi connectivity index (χ1) is 6.95. The van der Waals surface area contributed by atoms with Gasteiger partial charge in [-0.05, 0) is 41.4 Å². The first-order valence-corrected chi connectivity index (χ1v) is 5.43. The summed E-state index contributed by atoms with van der Waals surface area (Å²) in [6, 6.07) is 1.89. The summed E-state index contributed by atoms with van der Waals surface area (Å²) in [5, 5.41) is 0. The normalized spacial score (nSPS) is 11.5. The number of ketones is 1. The van der Waals surface area contributed by atoms with Crippen LogP contribution in [0.15, 0.2) is 22.9 Å². The first kappa shape index (κ1) is 12.3. The average molecular weight is 272 g/mol. The molecule has 0 amide bonds. The number of Topliss-reactive ketones (excluding diaryl/α,β-unsaturated/α-hetero) is 1. The third-order valence-electron chi connectivity index (χ3n) is 2.31. The fraction of sp³-hybridized carbons (Fsp3) is 0.455. The number of methoxy groups -OCH3 is 1. The van der Waals surface area contributed by atoms with Crippen molar-refractivity contribution in [2.24, 2.45) is 0 Å². The molecule has 0 fully saturated rings. The van der Waals surface area contributed by atoms with E-state index in [9.17, 15) is 4.79 Å². The summed E-state index contributed by atoms with van der Waals surface area (Å²) in [4.78, 5) is 15.8. The van der Waals surface area contributed by atoms with Crippen LogP contribution in [0, 0.1) is 0 Å². The Bertz CT molecular complexity index is 363. The van der Waals surface area contributed by atoms with Crippen LogP contribution < -0.4 is 0 Å². The van der Waals surface area contributed by atoms with Crippen LogP contribution in [0.25, 0.3) is 0 Å². The van der Waals surface area contributed by atoms with Crippen molar-refractivity contribution in [3.05, 3.63) is 28.5 Å². The van der Waals surface area contributed by atoms with E-state index in [4.69, 9.17) is 4.74 Å². The summed E-state index contributed by atoms with van der Waals surface area (Å²) in [6.07, 6.45) is 3.72. The maximum atomic E-state index is 11.8. The van der Waals surface area contributed by atoms with E-state index in [2.05, 4.69) is 20.9 Å². The van der Waals surface area contributed by atoms with Crippen LogP contribution in [0.3, 0.4) is 0 Å². The quantitative estimate of drug-likeness (QED) is 0.844. The Morgan fingerprint density at radius 3 is 2.73 bits per heavy atom. The van der Waals surface area contributed by atoms with Gasteiger partial charge in [-0.1, -0.05) is 0 Å². The highest BCUT2D eigenvalue weighted by atomic mass is 79.9. The van der Waals surface area contributed by atoms with E-state index in [1.54, 1.807) is 26.2 Å². The summed E-state index contributed by atoms with van der Waals surface area (Å²) < 4.78 is 6.00. The van der Waals surface area contributed by atoms with Crippen molar-refractivity contribution in [1.29, 1.82) is 0 Å². The van der Waals surface area contributed by atoms with E-state index in [0.717, 1.165) is 10.0 Å². The molecule has 1 aromatic rings. The van der Waals surface area contributed by atoms with Crippen molar-refractivity contribution in [3.63, 3.8) is 0 Å². The van der Waals surface area contributed by atoms with Crippen LogP contribution in [-0.2, 0) is 16.0 Å². The molecule has 15 heavy (non-hydrogen) atoms. The Morgan fingerprint density at radius 2 is 2.20 bits per heavy atom. The molecule has 0 aliphatic rings. The number of nitrogens with zero attached hydrogens (tertiary/aromatic N) is 1. The van der Waals surface area contributed by atoms with Gasteiger partial charge in [0.2, 0.25) is 0 Å². The van der Waals surface area contributed by atoms with Gasteiger partial charge in [-0.2, -0.15) is 0 Å². The lowest BCUT2D eigenvalue weighted by Crippen LogP contribution is -2.35. The van der Waals surface area contributed by atoms with Gasteiger partial charge in [0, 0.05) is 30.4 Å². The van der Waals surface area contributed by atoms with Crippen molar-refractivity contribution in [2.75, 3.05) is 7.11 Å². The Labute approximate surface area is 98.0 Å². The zero-order valence-corrected chi connectivity index (χ0v) is 10.7. The lowest BCUT2D eigenvalue weighted by atomic mass is 9.98. The maximum Gasteiger partial charge on any atom is 0.168 e. The monoisotopic (exact) mass is 271 g/mol. The lowest BCUT2D eigenvalue weighted by Gasteiger charge is -2.20. The van der Waals surface area contributed by atoms with E-state index in [1.807, 2.05) is 6.07 Å². The Hall–Kier alpha value is -0.740. The van der Waals surface area contributed by atoms with E-state index in [-0.39, 0.29) is 5.78 Å². The highest BCUT2D eigenvalue weighted by molar-refractivity contribution is 9.10. The molecule has 0 atom stereocenters. The Morgan fingerprint density at radius 1 is 1.53 bits per heavy atom. The Kier molecular flexibility index (Phi) is 3.99. The van der Waals surface area contributed by atoms with Crippen LogP contribution in [-0.4, -0.2) is 23.5 Å². The summed E-state index contributed by atoms with van der Waals surface area (Å²) in [5.41, 5.74) is 0.155. The number of ether oxygens (including phenoxy) is 1. The largest absolute Gasteiger partial charge is 0.371 e. The van der Waals surface area contributed by atoms with Crippen LogP contribution in [0.4, 0.5) is 0 Å². The first-order valence-electron chi connectivity index (χ1n) is 4.63. The highest BCUT2D eigenvalue weighted by Crippen LogP contribution is 2.15. The number of halogens is 1. The fourth-order valence-electron chi connectivity index (χ4n) is 1.06. The number of carbonyl (C=O) groups excluding carboxylic acids is 1. The molecule has 0 spiro atoms. The SMILES string of the molecule is COC(C)(C)C(=O)Cc1cncc(Br)c1. The number of rotatable bonds is 4. The zero-order chi connectivity index (χ0) is 11.5. The van der Waals surface area contributed by atoms with E-state index in [1.165, 1.54) is 7.11 Å². The topological polar surface area (TPSA) is 39.2 Å². The predicted octanol–water partition coefficient (Wildman–Crippen LogP) is 2.38. The van der Waals surface area contributed by atoms with Crippen LogP contribution >= 0.6 is 15.9 Å². The van der Waals surface area contributed by atoms with Crippen LogP contribution in [0.1, 0.15) is 19.4 Å². The minimum Gasteiger partial charge on any atom is -0.371 e. The van der Waals surface area contributed by atoms with Crippen molar-refractivity contribution in [2.45, 2.75) is 25.9 Å². The molecule has 0 N–H and O–H groups in total. The molecule has 1 rings (SSSR count). The summed E-state index contributed by atoms with van der Waals surface area (Å²) in [5.74, 6) is 0.0462. The average Bonchev–Trinajstić information content (AvgIpc) is 2.17.